The van der Waals surface area contributed by atoms with Gasteiger partial charge in [0.1, 0.15) is 5.75 Å². The largest absolute Gasteiger partial charge is 0.497 e. The number of nitrogens with one attached hydrogen (secondary N) is 1. The minimum absolute atomic E-state index is 0.372. The summed E-state index contributed by atoms with van der Waals surface area (Å²) < 4.78 is 6.32. The fourth-order valence-electron chi connectivity index (χ4n) is 2.20. The molecule has 0 heterocycles. The lowest BCUT2D eigenvalue weighted by Gasteiger charge is -2.18. The third-order valence-electron chi connectivity index (χ3n) is 3.37. The van der Waals surface area contributed by atoms with Gasteiger partial charge < -0.3 is 10.1 Å². The summed E-state index contributed by atoms with van der Waals surface area (Å²) in [6.45, 7) is 4.32. The van der Waals surface area contributed by atoms with E-state index < -0.39 is 0 Å². The molecule has 2 nitrogen and oxygen atoms in total. The van der Waals surface area contributed by atoms with Crippen molar-refractivity contribution in [1.29, 1.82) is 0 Å². The molecule has 0 aliphatic rings. The number of halogens is 1. The van der Waals surface area contributed by atoms with Crippen LogP contribution in [0.15, 0.2) is 46.9 Å². The van der Waals surface area contributed by atoms with Crippen LogP contribution in [-0.2, 0) is 6.42 Å². The van der Waals surface area contributed by atoms with Crippen LogP contribution < -0.4 is 10.1 Å². The molecule has 0 aromatic heterocycles. The normalized spacial score (nSPS) is 12.0. The highest BCUT2D eigenvalue weighted by Gasteiger charge is 2.07. The van der Waals surface area contributed by atoms with Crippen molar-refractivity contribution in [3.8, 4) is 5.75 Å². The van der Waals surface area contributed by atoms with E-state index in [1.54, 1.807) is 7.11 Å². The predicted molar refractivity (Wildman–Crippen MR) is 88.7 cm³/mol. The summed E-state index contributed by atoms with van der Waals surface area (Å²) in [5.74, 6) is 0.900. The van der Waals surface area contributed by atoms with E-state index in [0.29, 0.717) is 6.04 Å². The van der Waals surface area contributed by atoms with Crippen LogP contribution in [0, 0.1) is 6.92 Å². The van der Waals surface area contributed by atoms with Gasteiger partial charge in [0.25, 0.3) is 0 Å². The van der Waals surface area contributed by atoms with Crippen LogP contribution in [0.3, 0.4) is 0 Å². The van der Waals surface area contributed by atoms with Crippen LogP contribution in [0.1, 0.15) is 18.1 Å². The Morgan fingerprint density at radius 1 is 1.15 bits per heavy atom. The van der Waals surface area contributed by atoms with Gasteiger partial charge in [-0.15, -0.1) is 0 Å². The molecule has 1 unspecified atom stereocenters. The monoisotopic (exact) mass is 333 g/mol. The Hall–Kier alpha value is -1.48. The molecule has 106 valence electrons. The van der Waals surface area contributed by atoms with Gasteiger partial charge in [0.15, 0.2) is 0 Å². The molecule has 0 saturated carbocycles. The predicted octanol–water partition coefficient (Wildman–Crippen LogP) is 4.81. The minimum Gasteiger partial charge on any atom is -0.497 e. The van der Waals surface area contributed by atoms with E-state index in [1.165, 1.54) is 16.8 Å². The minimum atomic E-state index is 0.372. The van der Waals surface area contributed by atoms with Crippen molar-refractivity contribution in [1.82, 2.24) is 0 Å². The van der Waals surface area contributed by atoms with E-state index >= 15 is 0 Å². The molecule has 0 amide bonds. The van der Waals surface area contributed by atoms with Crippen LogP contribution in [0.5, 0.6) is 5.75 Å². The van der Waals surface area contributed by atoms with Gasteiger partial charge in [0, 0.05) is 16.2 Å². The molecule has 3 heteroatoms. The van der Waals surface area contributed by atoms with Crippen molar-refractivity contribution in [2.24, 2.45) is 0 Å². The van der Waals surface area contributed by atoms with E-state index in [9.17, 15) is 0 Å². The Morgan fingerprint density at radius 2 is 1.85 bits per heavy atom. The smallest absolute Gasteiger partial charge is 0.118 e. The van der Waals surface area contributed by atoms with Crippen molar-refractivity contribution in [2.75, 3.05) is 12.4 Å². The molecule has 20 heavy (non-hydrogen) atoms. The van der Waals surface area contributed by atoms with Gasteiger partial charge in [-0.2, -0.15) is 0 Å². The van der Waals surface area contributed by atoms with E-state index in [4.69, 9.17) is 4.74 Å². The third kappa shape index (κ3) is 3.76. The summed E-state index contributed by atoms with van der Waals surface area (Å²) in [7, 11) is 1.69. The van der Waals surface area contributed by atoms with Crippen molar-refractivity contribution < 1.29 is 4.74 Å². The van der Waals surface area contributed by atoms with Gasteiger partial charge in [0.2, 0.25) is 0 Å². The summed E-state index contributed by atoms with van der Waals surface area (Å²) in [6.07, 6.45) is 0.982. The summed E-state index contributed by atoms with van der Waals surface area (Å²) >= 11 is 3.56. The molecular weight excluding hydrogens is 314 g/mol. The van der Waals surface area contributed by atoms with Crippen LogP contribution in [-0.4, -0.2) is 13.2 Å². The van der Waals surface area contributed by atoms with E-state index in [2.05, 4.69) is 65.4 Å². The number of ether oxygens (including phenoxy) is 1. The van der Waals surface area contributed by atoms with Crippen molar-refractivity contribution in [3.05, 3.63) is 58.1 Å². The number of hydrogen-bond acceptors (Lipinski definition) is 2. The molecular formula is C17H20BrNO. The van der Waals surface area contributed by atoms with E-state index in [0.717, 1.165) is 16.6 Å². The standard InChI is InChI=1S/C17H20BrNO/c1-12(11-14-7-9-15(20-3)10-8-14)19-17-6-4-5-16(18)13(17)2/h4-10,12,19H,11H2,1-3H3. The second-order valence-electron chi connectivity index (χ2n) is 5.01. The molecule has 1 N–H and O–H groups in total. The maximum Gasteiger partial charge on any atom is 0.118 e. The first kappa shape index (κ1) is 14.9. The number of methoxy groups -OCH3 is 1. The number of hydrogen-bond donors (Lipinski definition) is 1. The Labute approximate surface area is 129 Å². The lowest BCUT2D eigenvalue weighted by molar-refractivity contribution is 0.414. The van der Waals surface area contributed by atoms with Crippen molar-refractivity contribution >= 4 is 21.6 Å². The summed E-state index contributed by atoms with van der Waals surface area (Å²) in [4.78, 5) is 0. The summed E-state index contributed by atoms with van der Waals surface area (Å²) in [5.41, 5.74) is 3.73. The molecule has 0 aliphatic heterocycles. The second kappa shape index (κ2) is 6.80. The van der Waals surface area contributed by atoms with Gasteiger partial charge in [-0.25, -0.2) is 0 Å². The molecule has 1 atom stereocenters. The maximum absolute atomic E-state index is 5.18. The van der Waals surface area contributed by atoms with Crippen LogP contribution in [0.4, 0.5) is 5.69 Å². The summed E-state index contributed by atoms with van der Waals surface area (Å²) in [6, 6.07) is 14.9. The average molecular weight is 334 g/mol. The van der Waals surface area contributed by atoms with Crippen LogP contribution >= 0.6 is 15.9 Å². The highest BCUT2D eigenvalue weighted by Crippen LogP contribution is 2.24. The fraction of sp³-hybridized carbons (Fsp3) is 0.294. The summed E-state index contributed by atoms with van der Waals surface area (Å²) in [5, 5.41) is 3.57. The molecule has 2 aromatic rings. The Kier molecular flexibility index (Phi) is 5.07. The first-order valence-corrected chi connectivity index (χ1v) is 7.54. The van der Waals surface area contributed by atoms with Gasteiger partial charge >= 0.3 is 0 Å². The van der Waals surface area contributed by atoms with E-state index in [1.807, 2.05) is 12.1 Å². The molecule has 0 aliphatic carbocycles. The molecule has 2 aromatic carbocycles. The van der Waals surface area contributed by atoms with Crippen LogP contribution in [0.2, 0.25) is 0 Å². The van der Waals surface area contributed by atoms with E-state index in [-0.39, 0.29) is 0 Å². The molecule has 2 rings (SSSR count). The highest BCUT2D eigenvalue weighted by molar-refractivity contribution is 9.10. The van der Waals surface area contributed by atoms with Crippen molar-refractivity contribution in [2.45, 2.75) is 26.3 Å². The number of anilines is 1. The molecule has 0 fully saturated rings. The molecule has 0 spiro atoms. The lowest BCUT2D eigenvalue weighted by atomic mass is 10.1. The number of rotatable bonds is 5. The Balaban J connectivity index is 2.01. The van der Waals surface area contributed by atoms with Gasteiger partial charge in [0.05, 0.1) is 7.11 Å². The first-order chi connectivity index (χ1) is 9.60. The quantitative estimate of drug-likeness (QED) is 0.847. The number of benzene rings is 2. The molecule has 0 saturated heterocycles. The Bertz CT molecular complexity index is 566. The zero-order valence-corrected chi connectivity index (χ0v) is 13.7. The topological polar surface area (TPSA) is 21.3 Å². The SMILES string of the molecule is COc1ccc(CC(C)Nc2cccc(Br)c2C)cc1. The zero-order chi connectivity index (χ0) is 14.5. The average Bonchev–Trinajstić information content (AvgIpc) is 2.45. The zero-order valence-electron chi connectivity index (χ0n) is 12.1. The Morgan fingerprint density at radius 3 is 2.50 bits per heavy atom. The van der Waals surface area contributed by atoms with Gasteiger partial charge in [-0.1, -0.05) is 34.1 Å². The second-order valence-corrected chi connectivity index (χ2v) is 5.86. The van der Waals surface area contributed by atoms with Crippen LogP contribution in [0.25, 0.3) is 0 Å². The molecule has 0 bridgehead atoms. The van der Waals surface area contributed by atoms with Crippen molar-refractivity contribution in [3.63, 3.8) is 0 Å². The lowest BCUT2D eigenvalue weighted by Crippen LogP contribution is -2.18. The third-order valence-corrected chi connectivity index (χ3v) is 4.23. The molecule has 0 radical (unpaired) electrons. The highest BCUT2D eigenvalue weighted by atomic mass is 79.9. The fourth-order valence-corrected chi connectivity index (χ4v) is 2.56. The first-order valence-electron chi connectivity index (χ1n) is 6.74. The maximum atomic E-state index is 5.18. The van der Waals surface area contributed by atoms with Gasteiger partial charge in [-0.05, 0) is 55.7 Å². The van der Waals surface area contributed by atoms with Gasteiger partial charge in [-0.3, -0.25) is 0 Å².